The normalized spacial score (nSPS) is 10.6. The van der Waals surface area contributed by atoms with E-state index in [1.165, 1.54) is 11.6 Å². The van der Waals surface area contributed by atoms with Gasteiger partial charge in [-0.3, -0.25) is 0 Å². The van der Waals surface area contributed by atoms with Gasteiger partial charge in [0.2, 0.25) is 6.08 Å². The standard InChI is InChI=1S/C7H8.C5H9NO2/c1-7-5-3-2-4-6-7;1-2-3-5(8)6-4-7/h2-6H,1H3;5,8H,2-3H2,1H3. The Balaban J connectivity index is 0.000000262. The summed E-state index contributed by atoms with van der Waals surface area (Å²) in [5.41, 5.74) is 1.32. The molecule has 0 aromatic heterocycles. The van der Waals surface area contributed by atoms with Crippen LogP contribution in [0.25, 0.3) is 0 Å². The van der Waals surface area contributed by atoms with E-state index in [1.807, 2.05) is 25.1 Å². The molecule has 0 radical (unpaired) electrons. The van der Waals surface area contributed by atoms with Crippen LogP contribution < -0.4 is 0 Å². The first-order valence-corrected chi connectivity index (χ1v) is 4.97. The number of nitrogens with zero attached hydrogens (tertiary/aromatic N) is 1. The highest BCUT2D eigenvalue weighted by atomic mass is 16.3. The molecule has 1 aromatic rings. The lowest BCUT2D eigenvalue weighted by Gasteiger charge is -1.95. The Morgan fingerprint density at radius 3 is 2.33 bits per heavy atom. The first kappa shape index (κ1) is 13.6. The maximum absolute atomic E-state index is 9.44. The Morgan fingerprint density at radius 2 is 2.00 bits per heavy atom. The summed E-state index contributed by atoms with van der Waals surface area (Å²) in [4.78, 5) is 12.5. The molecule has 1 unspecified atom stereocenters. The Labute approximate surface area is 90.5 Å². The highest BCUT2D eigenvalue weighted by molar-refractivity contribution is 5.33. The maximum atomic E-state index is 9.44. The van der Waals surface area contributed by atoms with Crippen molar-refractivity contribution in [3.63, 3.8) is 0 Å². The number of rotatable bonds is 3. The van der Waals surface area contributed by atoms with E-state index in [9.17, 15) is 4.79 Å². The topological polar surface area (TPSA) is 49.7 Å². The molecule has 1 aromatic carbocycles. The molecule has 0 bridgehead atoms. The van der Waals surface area contributed by atoms with E-state index in [2.05, 4.69) is 24.0 Å². The van der Waals surface area contributed by atoms with Crippen LogP contribution in [0.4, 0.5) is 0 Å². The summed E-state index contributed by atoms with van der Waals surface area (Å²) < 4.78 is 0. The molecule has 0 aliphatic carbocycles. The summed E-state index contributed by atoms with van der Waals surface area (Å²) in [6, 6.07) is 10.3. The van der Waals surface area contributed by atoms with Gasteiger partial charge in [-0.2, -0.15) is 4.99 Å². The number of hydrogen-bond acceptors (Lipinski definition) is 3. The average Bonchev–Trinajstić information content (AvgIpc) is 2.20. The molecule has 0 aliphatic heterocycles. The van der Waals surface area contributed by atoms with Gasteiger partial charge in [0.1, 0.15) is 0 Å². The summed E-state index contributed by atoms with van der Waals surface area (Å²) in [6.45, 7) is 3.99. The van der Waals surface area contributed by atoms with Gasteiger partial charge in [-0.1, -0.05) is 49.2 Å². The third-order valence-electron chi connectivity index (χ3n) is 1.69. The minimum Gasteiger partial charge on any atom is -0.371 e. The van der Waals surface area contributed by atoms with Crippen molar-refractivity contribution >= 4 is 6.08 Å². The molecule has 0 saturated heterocycles. The second kappa shape index (κ2) is 9.13. The van der Waals surface area contributed by atoms with Gasteiger partial charge < -0.3 is 5.11 Å². The zero-order valence-corrected chi connectivity index (χ0v) is 9.18. The van der Waals surface area contributed by atoms with Crippen molar-refractivity contribution in [1.82, 2.24) is 0 Å². The molecule has 0 spiro atoms. The summed E-state index contributed by atoms with van der Waals surface area (Å²) in [5, 5.41) is 8.62. The summed E-state index contributed by atoms with van der Waals surface area (Å²) in [5.74, 6) is 0. The predicted molar refractivity (Wildman–Crippen MR) is 60.2 cm³/mol. The fourth-order valence-corrected chi connectivity index (χ4v) is 0.918. The molecule has 3 heteroatoms. The number of isocyanates is 1. The second-order valence-electron chi connectivity index (χ2n) is 3.14. The van der Waals surface area contributed by atoms with Crippen LogP contribution >= 0.6 is 0 Å². The van der Waals surface area contributed by atoms with Gasteiger partial charge in [-0.15, -0.1) is 0 Å². The van der Waals surface area contributed by atoms with Crippen LogP contribution in [-0.2, 0) is 4.79 Å². The number of aliphatic imine (C=N–C) groups is 1. The van der Waals surface area contributed by atoms with Crippen LogP contribution in [0.5, 0.6) is 0 Å². The largest absolute Gasteiger partial charge is 0.371 e. The lowest BCUT2D eigenvalue weighted by Crippen LogP contribution is -1.99. The van der Waals surface area contributed by atoms with Crippen molar-refractivity contribution in [2.75, 3.05) is 0 Å². The highest BCUT2D eigenvalue weighted by Crippen LogP contribution is 1.94. The molecule has 0 saturated carbocycles. The van der Waals surface area contributed by atoms with Crippen molar-refractivity contribution in [1.29, 1.82) is 0 Å². The second-order valence-corrected chi connectivity index (χ2v) is 3.14. The average molecular weight is 207 g/mol. The highest BCUT2D eigenvalue weighted by Gasteiger charge is 1.94. The number of aliphatic hydroxyl groups excluding tert-OH is 1. The number of carbonyl (C=O) groups excluding carboxylic acids is 1. The summed E-state index contributed by atoms with van der Waals surface area (Å²) >= 11 is 0. The van der Waals surface area contributed by atoms with E-state index in [-0.39, 0.29) is 0 Å². The zero-order valence-electron chi connectivity index (χ0n) is 9.18. The van der Waals surface area contributed by atoms with Gasteiger partial charge in [-0.05, 0) is 13.3 Å². The molecule has 1 rings (SSSR count). The minimum absolute atomic E-state index is 0.537. The Kier molecular flexibility index (Phi) is 8.25. The Morgan fingerprint density at radius 1 is 1.40 bits per heavy atom. The van der Waals surface area contributed by atoms with Gasteiger partial charge in [0.25, 0.3) is 0 Å². The Bertz CT molecular complexity index is 292. The molecular weight excluding hydrogens is 190 g/mol. The molecule has 1 atom stereocenters. The quantitative estimate of drug-likeness (QED) is 0.611. The molecule has 0 heterocycles. The summed E-state index contributed by atoms with van der Waals surface area (Å²) in [6.07, 6.45) is 1.80. The Hall–Kier alpha value is -1.44. The third-order valence-corrected chi connectivity index (χ3v) is 1.69. The summed E-state index contributed by atoms with van der Waals surface area (Å²) in [7, 11) is 0. The van der Waals surface area contributed by atoms with E-state index >= 15 is 0 Å². The molecule has 3 nitrogen and oxygen atoms in total. The smallest absolute Gasteiger partial charge is 0.237 e. The van der Waals surface area contributed by atoms with Crippen LogP contribution in [0.3, 0.4) is 0 Å². The maximum Gasteiger partial charge on any atom is 0.237 e. The zero-order chi connectivity index (χ0) is 11.5. The van der Waals surface area contributed by atoms with Gasteiger partial charge in [0.15, 0.2) is 6.23 Å². The number of benzene rings is 1. The van der Waals surface area contributed by atoms with Crippen LogP contribution in [0, 0.1) is 6.92 Å². The number of hydrogen-bond donors (Lipinski definition) is 1. The number of aliphatic hydroxyl groups is 1. The third kappa shape index (κ3) is 8.88. The first-order chi connectivity index (χ1) is 7.20. The first-order valence-electron chi connectivity index (χ1n) is 4.97. The minimum atomic E-state index is -0.836. The van der Waals surface area contributed by atoms with Crippen LogP contribution in [0.2, 0.25) is 0 Å². The SMILES string of the molecule is CCCC(O)N=C=O.Cc1ccccc1. The van der Waals surface area contributed by atoms with Crippen molar-refractivity contribution in [3.05, 3.63) is 35.9 Å². The van der Waals surface area contributed by atoms with Crippen LogP contribution in [0.1, 0.15) is 25.3 Å². The lowest BCUT2D eigenvalue weighted by molar-refractivity contribution is 0.173. The van der Waals surface area contributed by atoms with Gasteiger partial charge in [0, 0.05) is 0 Å². The van der Waals surface area contributed by atoms with Crippen molar-refractivity contribution in [2.24, 2.45) is 4.99 Å². The van der Waals surface area contributed by atoms with E-state index in [1.54, 1.807) is 0 Å². The molecule has 0 aliphatic rings. The monoisotopic (exact) mass is 207 g/mol. The fraction of sp³-hybridized carbons (Fsp3) is 0.417. The van der Waals surface area contributed by atoms with Gasteiger partial charge in [-0.25, -0.2) is 4.79 Å². The molecule has 0 fully saturated rings. The lowest BCUT2D eigenvalue weighted by atomic mass is 10.2. The van der Waals surface area contributed by atoms with E-state index in [0.717, 1.165) is 6.42 Å². The molecular formula is C12H17NO2. The predicted octanol–water partition coefficient (Wildman–Crippen LogP) is 2.44. The van der Waals surface area contributed by atoms with Crippen LogP contribution in [0.15, 0.2) is 35.3 Å². The molecule has 15 heavy (non-hydrogen) atoms. The van der Waals surface area contributed by atoms with Crippen molar-refractivity contribution in [3.8, 4) is 0 Å². The van der Waals surface area contributed by atoms with E-state index in [4.69, 9.17) is 5.11 Å². The van der Waals surface area contributed by atoms with Crippen molar-refractivity contribution < 1.29 is 9.90 Å². The molecule has 1 N–H and O–H groups in total. The van der Waals surface area contributed by atoms with Crippen molar-refractivity contribution in [2.45, 2.75) is 32.9 Å². The van der Waals surface area contributed by atoms with Gasteiger partial charge in [0.05, 0.1) is 0 Å². The molecule has 82 valence electrons. The fourth-order valence-electron chi connectivity index (χ4n) is 0.918. The van der Waals surface area contributed by atoms with E-state index in [0.29, 0.717) is 6.42 Å². The van der Waals surface area contributed by atoms with Crippen LogP contribution in [-0.4, -0.2) is 17.4 Å². The van der Waals surface area contributed by atoms with E-state index < -0.39 is 6.23 Å². The number of aryl methyl sites for hydroxylation is 1. The molecule has 0 amide bonds. The van der Waals surface area contributed by atoms with Gasteiger partial charge >= 0.3 is 0 Å².